The summed E-state index contributed by atoms with van der Waals surface area (Å²) in [6, 6.07) is 17.1. The molecule has 134 valence electrons. The number of methoxy groups -OCH3 is 1. The lowest BCUT2D eigenvalue weighted by atomic mass is 10.2. The van der Waals surface area contributed by atoms with Crippen LogP contribution < -0.4 is 9.64 Å². The number of thioether (sulfide) groups is 1. The quantitative estimate of drug-likeness (QED) is 0.588. The first-order chi connectivity index (χ1) is 13.2. The minimum Gasteiger partial charge on any atom is -0.497 e. The summed E-state index contributed by atoms with van der Waals surface area (Å²) in [4.78, 5) is 24.1. The second kappa shape index (κ2) is 7.77. The Kier molecular flexibility index (Phi) is 5.04. The molecule has 0 N–H and O–H groups in total. The second-order valence-electron chi connectivity index (χ2n) is 5.57. The number of aliphatic imine (C=N–C) groups is 1. The molecule has 1 fully saturated rings. The van der Waals surface area contributed by atoms with Crippen molar-refractivity contribution in [3.05, 3.63) is 76.6 Å². The lowest BCUT2D eigenvalue weighted by molar-refractivity contribution is -0.113. The van der Waals surface area contributed by atoms with Gasteiger partial charge in [0.25, 0.3) is 5.91 Å². The summed E-state index contributed by atoms with van der Waals surface area (Å²) in [6.45, 7) is 0. The van der Waals surface area contributed by atoms with Crippen LogP contribution in [0, 0.1) is 0 Å². The number of ether oxygens (including phenoxy) is 1. The number of benzene rings is 2. The van der Waals surface area contributed by atoms with Gasteiger partial charge in [0.15, 0.2) is 5.17 Å². The monoisotopic (exact) mass is 393 g/mol. The first-order valence-electron chi connectivity index (χ1n) is 8.16. The molecule has 0 bridgehead atoms. The Morgan fingerprint density at radius 1 is 1.15 bits per heavy atom. The van der Waals surface area contributed by atoms with E-state index in [1.807, 2.05) is 66.1 Å². The van der Waals surface area contributed by atoms with Gasteiger partial charge in [-0.25, -0.2) is 4.98 Å². The number of hydrogen-bond donors (Lipinski definition) is 0. The number of hydrogen-bond acceptors (Lipinski definition) is 6. The van der Waals surface area contributed by atoms with Crippen LogP contribution in [0.25, 0.3) is 6.08 Å². The molecule has 0 radical (unpaired) electrons. The molecule has 0 unspecified atom stereocenters. The van der Waals surface area contributed by atoms with Crippen LogP contribution in [0.5, 0.6) is 5.75 Å². The topological polar surface area (TPSA) is 54.8 Å². The van der Waals surface area contributed by atoms with Crippen molar-refractivity contribution in [2.45, 2.75) is 0 Å². The van der Waals surface area contributed by atoms with E-state index in [4.69, 9.17) is 4.74 Å². The van der Waals surface area contributed by atoms with Crippen molar-refractivity contribution in [3.63, 3.8) is 0 Å². The number of rotatable bonds is 4. The summed E-state index contributed by atoms with van der Waals surface area (Å²) in [5.41, 5.74) is 1.67. The van der Waals surface area contributed by atoms with E-state index in [9.17, 15) is 4.79 Å². The van der Waals surface area contributed by atoms with Gasteiger partial charge in [-0.1, -0.05) is 30.3 Å². The van der Waals surface area contributed by atoms with E-state index in [0.29, 0.717) is 15.2 Å². The molecule has 1 aliphatic heterocycles. The fourth-order valence-corrected chi connectivity index (χ4v) is 4.13. The number of aromatic nitrogens is 1. The SMILES string of the molecule is COc1cccc(/C=C2\S/C(=N/c3nccs3)N(c3ccccc3)C2=O)c1. The fraction of sp³-hybridized carbons (Fsp3) is 0.0500. The standard InChI is InChI=1S/C20H15N3O2S2/c1-25-16-9-5-6-14(12-16)13-17-18(24)23(15-7-3-2-4-8-15)20(27-17)22-19-21-10-11-26-19/h2-13H,1H3/b17-13-,22-20+. The molecule has 2 heterocycles. The Balaban J connectivity index is 1.75. The summed E-state index contributed by atoms with van der Waals surface area (Å²) in [5.74, 6) is 0.640. The van der Waals surface area contributed by atoms with Gasteiger partial charge in [-0.05, 0) is 47.7 Å². The number of carbonyl (C=O) groups is 1. The molecule has 7 heteroatoms. The number of para-hydroxylation sites is 1. The van der Waals surface area contributed by atoms with Crippen LogP contribution >= 0.6 is 23.1 Å². The van der Waals surface area contributed by atoms with Crippen LogP contribution in [0.2, 0.25) is 0 Å². The maximum atomic E-state index is 13.1. The van der Waals surface area contributed by atoms with Crippen molar-refractivity contribution >= 4 is 51.1 Å². The lowest BCUT2D eigenvalue weighted by Crippen LogP contribution is -2.28. The average molecular weight is 393 g/mol. The van der Waals surface area contributed by atoms with Gasteiger partial charge in [0.2, 0.25) is 5.13 Å². The summed E-state index contributed by atoms with van der Waals surface area (Å²) >= 11 is 2.77. The largest absolute Gasteiger partial charge is 0.497 e. The van der Waals surface area contributed by atoms with Gasteiger partial charge in [-0.2, -0.15) is 4.99 Å². The Labute approximate surface area is 165 Å². The molecule has 5 nitrogen and oxygen atoms in total. The molecular formula is C20H15N3O2S2. The average Bonchev–Trinajstić information content (AvgIpc) is 3.31. The van der Waals surface area contributed by atoms with Crippen LogP contribution in [0.4, 0.5) is 10.8 Å². The smallest absolute Gasteiger partial charge is 0.271 e. The van der Waals surface area contributed by atoms with Crippen molar-refractivity contribution in [1.82, 2.24) is 4.98 Å². The second-order valence-corrected chi connectivity index (χ2v) is 7.45. The van der Waals surface area contributed by atoms with Crippen LogP contribution in [0.1, 0.15) is 5.56 Å². The molecule has 27 heavy (non-hydrogen) atoms. The van der Waals surface area contributed by atoms with Crippen molar-refractivity contribution in [2.75, 3.05) is 12.0 Å². The minimum absolute atomic E-state index is 0.107. The zero-order valence-electron chi connectivity index (χ0n) is 14.4. The van der Waals surface area contributed by atoms with Crippen molar-refractivity contribution in [2.24, 2.45) is 4.99 Å². The number of thiazole rings is 1. The van der Waals surface area contributed by atoms with Crippen LogP contribution in [0.3, 0.4) is 0 Å². The third-order valence-electron chi connectivity index (χ3n) is 3.82. The molecule has 1 saturated heterocycles. The predicted octanol–water partition coefficient (Wildman–Crippen LogP) is 4.96. The highest BCUT2D eigenvalue weighted by Crippen LogP contribution is 2.37. The molecule has 0 atom stereocenters. The maximum Gasteiger partial charge on any atom is 0.271 e. The number of nitrogens with zero attached hydrogens (tertiary/aromatic N) is 3. The van der Waals surface area contributed by atoms with Crippen molar-refractivity contribution in [3.8, 4) is 5.75 Å². The highest BCUT2D eigenvalue weighted by atomic mass is 32.2. The fourth-order valence-electron chi connectivity index (χ4n) is 2.59. The number of anilines is 1. The predicted molar refractivity (Wildman–Crippen MR) is 112 cm³/mol. The third kappa shape index (κ3) is 3.79. The summed E-state index contributed by atoms with van der Waals surface area (Å²) in [7, 11) is 1.62. The Hall–Kier alpha value is -2.90. The van der Waals surface area contributed by atoms with Gasteiger partial charge in [0.05, 0.1) is 17.7 Å². The van der Waals surface area contributed by atoms with E-state index in [1.165, 1.54) is 23.1 Å². The molecular weight excluding hydrogens is 378 g/mol. The highest BCUT2D eigenvalue weighted by molar-refractivity contribution is 8.19. The molecule has 0 saturated carbocycles. The van der Waals surface area contributed by atoms with Gasteiger partial charge in [-0.15, -0.1) is 11.3 Å². The van der Waals surface area contributed by atoms with E-state index >= 15 is 0 Å². The molecule has 4 rings (SSSR count). The molecule has 3 aromatic rings. The first-order valence-corrected chi connectivity index (χ1v) is 9.85. The summed E-state index contributed by atoms with van der Waals surface area (Å²) in [6.07, 6.45) is 3.56. The van der Waals surface area contributed by atoms with Crippen molar-refractivity contribution in [1.29, 1.82) is 0 Å². The molecule has 0 aliphatic carbocycles. The molecule has 1 aliphatic rings. The molecule has 1 aromatic heterocycles. The first kappa shape index (κ1) is 17.5. The van der Waals surface area contributed by atoms with Gasteiger partial charge >= 0.3 is 0 Å². The Morgan fingerprint density at radius 2 is 2.00 bits per heavy atom. The normalized spacial score (nSPS) is 17.1. The van der Waals surface area contributed by atoms with E-state index in [2.05, 4.69) is 9.98 Å². The van der Waals surface area contributed by atoms with Crippen LogP contribution in [0.15, 0.2) is 76.1 Å². The van der Waals surface area contributed by atoms with E-state index in [0.717, 1.165) is 17.0 Å². The highest BCUT2D eigenvalue weighted by Gasteiger charge is 2.34. The van der Waals surface area contributed by atoms with Crippen molar-refractivity contribution < 1.29 is 9.53 Å². The zero-order valence-corrected chi connectivity index (χ0v) is 16.0. The third-order valence-corrected chi connectivity index (χ3v) is 5.46. The van der Waals surface area contributed by atoms with E-state index < -0.39 is 0 Å². The minimum atomic E-state index is -0.107. The summed E-state index contributed by atoms with van der Waals surface area (Å²) < 4.78 is 5.27. The van der Waals surface area contributed by atoms with Gasteiger partial charge in [-0.3, -0.25) is 9.69 Å². The lowest BCUT2D eigenvalue weighted by Gasteiger charge is -2.14. The Morgan fingerprint density at radius 3 is 2.74 bits per heavy atom. The van der Waals surface area contributed by atoms with Gasteiger partial charge in [0.1, 0.15) is 5.75 Å². The van der Waals surface area contributed by atoms with E-state index in [1.54, 1.807) is 18.2 Å². The number of amidine groups is 1. The van der Waals surface area contributed by atoms with Crippen LogP contribution in [-0.2, 0) is 4.79 Å². The van der Waals surface area contributed by atoms with Crippen LogP contribution in [-0.4, -0.2) is 23.2 Å². The van der Waals surface area contributed by atoms with Gasteiger partial charge in [0, 0.05) is 11.6 Å². The molecule has 1 amide bonds. The number of carbonyl (C=O) groups excluding carboxylic acids is 1. The van der Waals surface area contributed by atoms with Gasteiger partial charge < -0.3 is 4.74 Å². The summed E-state index contributed by atoms with van der Waals surface area (Å²) in [5, 5.41) is 3.07. The Bertz CT molecular complexity index is 1010. The molecule has 0 spiro atoms. The van der Waals surface area contributed by atoms with E-state index in [-0.39, 0.29) is 5.91 Å². The molecule has 2 aromatic carbocycles. The maximum absolute atomic E-state index is 13.1. The zero-order chi connectivity index (χ0) is 18.6. The number of amides is 1.